The van der Waals surface area contributed by atoms with Gasteiger partial charge in [0.25, 0.3) is 0 Å². The van der Waals surface area contributed by atoms with E-state index in [1.165, 1.54) is 11.3 Å². The first-order valence-electron chi connectivity index (χ1n) is 7.89. The Hall–Kier alpha value is -1.05. The molecule has 120 valence electrons. The van der Waals surface area contributed by atoms with Crippen molar-refractivity contribution in [3.8, 4) is 0 Å². The van der Waals surface area contributed by atoms with Crippen LogP contribution in [0.1, 0.15) is 26.2 Å². The van der Waals surface area contributed by atoms with E-state index in [9.17, 15) is 19.8 Å². The average Bonchev–Trinajstić information content (AvgIpc) is 3.11. The summed E-state index contributed by atoms with van der Waals surface area (Å²) in [6.07, 6.45) is 2.47. The number of nitrogens with zero attached hydrogens (tertiary/aromatic N) is 1. The first-order chi connectivity index (χ1) is 10.5. The number of aliphatic hydroxyl groups excluding tert-OH is 1. The number of thioether (sulfide) groups is 1. The van der Waals surface area contributed by atoms with Crippen LogP contribution in [-0.4, -0.2) is 57.0 Å². The van der Waals surface area contributed by atoms with Crippen molar-refractivity contribution in [2.24, 2.45) is 11.8 Å². The Balaban J connectivity index is 1.65. The molecule has 0 aromatic heterocycles. The molecule has 1 unspecified atom stereocenters. The van der Waals surface area contributed by atoms with Gasteiger partial charge in [0.2, 0.25) is 5.91 Å². The number of carbonyl (C=O) groups excluding carboxylic acids is 1. The molecule has 3 saturated heterocycles. The topological polar surface area (TPSA) is 89.9 Å². The molecule has 6 nitrogen and oxygen atoms in total. The van der Waals surface area contributed by atoms with Crippen molar-refractivity contribution in [1.82, 2.24) is 10.2 Å². The minimum absolute atomic E-state index is 0.0841. The lowest BCUT2D eigenvalue weighted by Gasteiger charge is -2.47. The molecule has 1 amide bonds. The fourth-order valence-corrected chi connectivity index (χ4v) is 6.23. The standard InChI is InChI=1S/C15H20N2O4S/c1-6(18)10-11-7-5-9(8-3-2-4-16-8)22-13(7)12(15(20)21)17(11)14(10)19/h6-11,16,18H,2-5H2,1H3,(H,20,21)/t6-,7-,8+,9?,10-,11-/m1/s1. The van der Waals surface area contributed by atoms with Crippen LogP contribution in [0.3, 0.4) is 0 Å². The van der Waals surface area contributed by atoms with Gasteiger partial charge in [-0.2, -0.15) is 0 Å². The van der Waals surface area contributed by atoms with Gasteiger partial charge in [-0.05, 0) is 32.7 Å². The van der Waals surface area contributed by atoms with Crippen molar-refractivity contribution in [2.45, 2.75) is 49.6 Å². The largest absolute Gasteiger partial charge is 0.477 e. The highest BCUT2D eigenvalue weighted by Gasteiger charge is 2.63. The van der Waals surface area contributed by atoms with Crippen LogP contribution in [0.2, 0.25) is 0 Å². The highest BCUT2D eigenvalue weighted by molar-refractivity contribution is 8.04. The van der Waals surface area contributed by atoms with Crippen LogP contribution in [0.15, 0.2) is 10.6 Å². The van der Waals surface area contributed by atoms with Gasteiger partial charge in [0.05, 0.1) is 18.1 Å². The number of fused-ring (bicyclic) bond motifs is 3. The second-order valence-electron chi connectivity index (χ2n) is 6.68. The monoisotopic (exact) mass is 324 g/mol. The molecular weight excluding hydrogens is 304 g/mol. The number of carbonyl (C=O) groups is 2. The number of amides is 1. The molecule has 6 atom stereocenters. The minimum Gasteiger partial charge on any atom is -0.477 e. The van der Waals surface area contributed by atoms with Crippen LogP contribution in [0, 0.1) is 11.8 Å². The third-order valence-electron chi connectivity index (χ3n) is 5.45. The van der Waals surface area contributed by atoms with Gasteiger partial charge in [-0.15, -0.1) is 11.8 Å². The number of carboxylic acid groups (broad SMARTS) is 1. The molecule has 3 N–H and O–H groups in total. The van der Waals surface area contributed by atoms with Crippen molar-refractivity contribution in [3.63, 3.8) is 0 Å². The molecule has 3 fully saturated rings. The van der Waals surface area contributed by atoms with Crippen LogP contribution in [0.4, 0.5) is 0 Å². The van der Waals surface area contributed by atoms with Gasteiger partial charge in [-0.1, -0.05) is 0 Å². The van der Waals surface area contributed by atoms with Crippen LogP contribution >= 0.6 is 11.8 Å². The van der Waals surface area contributed by atoms with Gasteiger partial charge in [-0.25, -0.2) is 4.79 Å². The smallest absolute Gasteiger partial charge is 0.353 e. The van der Waals surface area contributed by atoms with E-state index in [1.54, 1.807) is 18.7 Å². The molecule has 4 rings (SSSR count). The second kappa shape index (κ2) is 4.97. The first-order valence-corrected chi connectivity index (χ1v) is 8.77. The zero-order valence-electron chi connectivity index (χ0n) is 12.4. The molecule has 4 aliphatic heterocycles. The maximum Gasteiger partial charge on any atom is 0.353 e. The summed E-state index contributed by atoms with van der Waals surface area (Å²) in [4.78, 5) is 26.1. The molecule has 0 aliphatic carbocycles. The predicted molar refractivity (Wildman–Crippen MR) is 81.0 cm³/mol. The summed E-state index contributed by atoms with van der Waals surface area (Å²) >= 11 is 1.64. The molecule has 0 radical (unpaired) electrons. The van der Waals surface area contributed by atoms with Gasteiger partial charge >= 0.3 is 5.97 Å². The summed E-state index contributed by atoms with van der Waals surface area (Å²) < 4.78 is 0. The van der Waals surface area contributed by atoms with E-state index in [0.29, 0.717) is 11.3 Å². The lowest BCUT2D eigenvalue weighted by Crippen LogP contribution is -2.64. The van der Waals surface area contributed by atoms with Gasteiger partial charge in [0.15, 0.2) is 0 Å². The summed E-state index contributed by atoms with van der Waals surface area (Å²) in [5.41, 5.74) is 0.169. The van der Waals surface area contributed by atoms with Gasteiger partial charge in [-0.3, -0.25) is 4.79 Å². The maximum atomic E-state index is 12.2. The number of rotatable bonds is 3. The van der Waals surface area contributed by atoms with Crippen molar-refractivity contribution in [2.75, 3.05) is 6.54 Å². The summed E-state index contributed by atoms with van der Waals surface area (Å²) in [5, 5.41) is 23.3. The zero-order chi connectivity index (χ0) is 15.6. The molecular formula is C15H20N2O4S. The number of hydrogen-bond acceptors (Lipinski definition) is 5. The Labute approximate surface area is 132 Å². The van der Waals surface area contributed by atoms with E-state index in [-0.39, 0.29) is 23.6 Å². The lowest BCUT2D eigenvalue weighted by molar-refractivity contribution is -0.163. The average molecular weight is 324 g/mol. The highest BCUT2D eigenvalue weighted by atomic mass is 32.2. The predicted octanol–water partition coefficient (Wildman–Crippen LogP) is 0.378. The molecule has 7 heteroatoms. The number of aliphatic carboxylic acids is 1. The van der Waals surface area contributed by atoms with E-state index in [2.05, 4.69) is 5.32 Å². The van der Waals surface area contributed by atoms with Crippen LogP contribution in [-0.2, 0) is 9.59 Å². The molecule has 4 heterocycles. The molecule has 0 saturated carbocycles. The highest BCUT2D eigenvalue weighted by Crippen LogP contribution is 2.58. The normalized spacial score (nSPS) is 41.5. The number of hydrogen-bond donors (Lipinski definition) is 3. The summed E-state index contributed by atoms with van der Waals surface area (Å²) in [5.74, 6) is -1.63. The number of β-lactam (4-membered cyclic amide) rings is 1. The number of aliphatic hydroxyl groups is 1. The lowest BCUT2D eigenvalue weighted by atomic mass is 9.76. The Morgan fingerprint density at radius 2 is 2.27 bits per heavy atom. The van der Waals surface area contributed by atoms with E-state index < -0.39 is 18.0 Å². The van der Waals surface area contributed by atoms with Gasteiger partial charge in [0, 0.05) is 22.1 Å². The fourth-order valence-electron chi connectivity index (χ4n) is 4.50. The molecule has 0 bridgehead atoms. The quantitative estimate of drug-likeness (QED) is 0.650. The van der Waals surface area contributed by atoms with E-state index in [4.69, 9.17) is 0 Å². The Kier molecular flexibility index (Phi) is 3.29. The summed E-state index contributed by atoms with van der Waals surface area (Å²) in [7, 11) is 0. The molecule has 0 aromatic rings. The summed E-state index contributed by atoms with van der Waals surface area (Å²) in [6.45, 7) is 2.65. The first kappa shape index (κ1) is 14.5. The van der Waals surface area contributed by atoms with Gasteiger partial charge in [0.1, 0.15) is 5.70 Å². The Morgan fingerprint density at radius 1 is 1.50 bits per heavy atom. The second-order valence-corrected chi connectivity index (χ2v) is 7.97. The van der Waals surface area contributed by atoms with Crippen molar-refractivity contribution < 1.29 is 19.8 Å². The van der Waals surface area contributed by atoms with Crippen molar-refractivity contribution in [1.29, 1.82) is 0 Å². The van der Waals surface area contributed by atoms with Crippen LogP contribution in [0.25, 0.3) is 0 Å². The molecule has 22 heavy (non-hydrogen) atoms. The van der Waals surface area contributed by atoms with E-state index in [1.807, 2.05) is 0 Å². The maximum absolute atomic E-state index is 12.2. The van der Waals surface area contributed by atoms with Gasteiger partial charge < -0.3 is 20.4 Å². The van der Waals surface area contributed by atoms with E-state index in [0.717, 1.165) is 24.3 Å². The number of carboxylic acids is 1. The van der Waals surface area contributed by atoms with Crippen LogP contribution < -0.4 is 5.32 Å². The third-order valence-corrected chi connectivity index (χ3v) is 7.02. The minimum atomic E-state index is -1.02. The Bertz CT molecular complexity index is 570. The SMILES string of the molecule is C[C@@H](O)[C@H]1C(=O)N2C(C(=O)O)=C3SC([C@@H]4CCCN4)C[C@@H]3[C@H]12. The fraction of sp³-hybridized carbons (Fsp3) is 0.733. The zero-order valence-corrected chi connectivity index (χ0v) is 13.2. The van der Waals surface area contributed by atoms with Crippen LogP contribution in [0.5, 0.6) is 0 Å². The van der Waals surface area contributed by atoms with Crippen molar-refractivity contribution >= 4 is 23.6 Å². The Morgan fingerprint density at radius 3 is 2.86 bits per heavy atom. The molecule has 4 aliphatic rings. The summed E-state index contributed by atoms with van der Waals surface area (Å²) in [6, 6.07) is 0.278. The third kappa shape index (κ3) is 1.82. The molecule has 0 aromatic carbocycles. The van der Waals surface area contributed by atoms with Crippen molar-refractivity contribution in [3.05, 3.63) is 10.6 Å². The molecule has 0 spiro atoms. The van der Waals surface area contributed by atoms with E-state index >= 15 is 0 Å². The number of nitrogens with one attached hydrogen (secondary N) is 1.